The molecule has 1 aromatic rings. The summed E-state index contributed by atoms with van der Waals surface area (Å²) in [5.41, 5.74) is 13.7. The first-order valence-corrected chi connectivity index (χ1v) is 11.3. The Morgan fingerprint density at radius 3 is 2.15 bits per heavy atom. The molecule has 0 bridgehead atoms. The first-order chi connectivity index (χ1) is 15.6. The molecule has 0 aliphatic rings. The fraction of sp³-hybridized carbons (Fsp3) is 0.462. The number of rotatable bonds is 15. The monoisotopic (exact) mass is 456 g/mol. The van der Waals surface area contributed by atoms with Crippen LogP contribution in [0, 0.1) is 5.41 Å². The van der Waals surface area contributed by atoms with Crippen LogP contribution < -0.4 is 22.1 Å². The molecule has 0 spiro atoms. The molecule has 3 atom stereocenters. The minimum Gasteiger partial charge on any atom is -0.391 e. The highest BCUT2D eigenvalue weighted by atomic mass is 16.3. The van der Waals surface area contributed by atoms with Crippen molar-refractivity contribution in [3.63, 3.8) is 0 Å². The third-order valence-corrected chi connectivity index (χ3v) is 5.27. The van der Waals surface area contributed by atoms with Gasteiger partial charge in [-0.3, -0.25) is 9.59 Å². The predicted molar refractivity (Wildman–Crippen MR) is 134 cm³/mol. The largest absolute Gasteiger partial charge is 0.391 e. The van der Waals surface area contributed by atoms with Crippen molar-refractivity contribution in [2.75, 3.05) is 13.1 Å². The van der Waals surface area contributed by atoms with Gasteiger partial charge in [0.2, 0.25) is 11.8 Å². The van der Waals surface area contributed by atoms with Gasteiger partial charge in [0.25, 0.3) is 0 Å². The van der Waals surface area contributed by atoms with Gasteiger partial charge in [-0.25, -0.2) is 0 Å². The van der Waals surface area contributed by atoms with Crippen LogP contribution in [0.15, 0.2) is 67.3 Å². The number of hydrogen-bond donors (Lipinski definition) is 5. The van der Waals surface area contributed by atoms with Crippen LogP contribution in [0.25, 0.3) is 0 Å². The average Bonchev–Trinajstić information content (AvgIpc) is 2.76. The zero-order chi connectivity index (χ0) is 24.9. The van der Waals surface area contributed by atoms with Crippen molar-refractivity contribution >= 4 is 11.8 Å². The molecule has 7 heteroatoms. The van der Waals surface area contributed by atoms with E-state index in [0.717, 1.165) is 11.1 Å². The Balaban J connectivity index is 2.37. The fourth-order valence-corrected chi connectivity index (χ4v) is 3.23. The Bertz CT molecular complexity index is 805. The maximum atomic E-state index is 12.3. The molecule has 1 aromatic carbocycles. The highest BCUT2D eigenvalue weighted by Crippen LogP contribution is 2.13. The standard InChI is InChI=1S/C26H40N4O3/c1-5-10-19(6-2)13-21(27)15-24(32)29-17-26(3,4)18-30-25(33)16-23(31)22(28)14-20-11-8-7-9-12-20/h5-12,21-23,31H,1-2,13-18,27-28H2,3-4H3,(H,29,32)(H,30,33)/b19-10+. The topological polar surface area (TPSA) is 130 Å². The van der Waals surface area contributed by atoms with Crippen LogP contribution in [0.3, 0.4) is 0 Å². The van der Waals surface area contributed by atoms with E-state index in [1.54, 1.807) is 12.2 Å². The van der Waals surface area contributed by atoms with Gasteiger partial charge in [0, 0.05) is 31.6 Å². The number of benzene rings is 1. The number of aliphatic hydroxyl groups excluding tert-OH is 1. The Kier molecular flexibility index (Phi) is 12.4. The molecule has 2 amide bonds. The van der Waals surface area contributed by atoms with Crippen molar-refractivity contribution < 1.29 is 14.7 Å². The van der Waals surface area contributed by atoms with Crippen LogP contribution >= 0.6 is 0 Å². The lowest BCUT2D eigenvalue weighted by Crippen LogP contribution is -2.45. The number of nitrogens with one attached hydrogen (secondary N) is 2. The van der Waals surface area contributed by atoms with Gasteiger partial charge in [-0.1, -0.05) is 75.6 Å². The predicted octanol–water partition coefficient (Wildman–Crippen LogP) is 1.97. The molecule has 7 nitrogen and oxygen atoms in total. The van der Waals surface area contributed by atoms with Crippen LogP contribution in [0.4, 0.5) is 0 Å². The lowest BCUT2D eigenvalue weighted by Gasteiger charge is -2.26. The highest BCUT2D eigenvalue weighted by molar-refractivity contribution is 5.77. The Labute approximate surface area is 198 Å². The van der Waals surface area contributed by atoms with Crippen molar-refractivity contribution in [2.45, 2.75) is 57.7 Å². The van der Waals surface area contributed by atoms with Crippen molar-refractivity contribution in [3.05, 3.63) is 72.9 Å². The van der Waals surface area contributed by atoms with Gasteiger partial charge in [0.1, 0.15) is 0 Å². The van der Waals surface area contributed by atoms with E-state index >= 15 is 0 Å². The van der Waals surface area contributed by atoms with E-state index in [-0.39, 0.29) is 36.1 Å². The molecule has 7 N–H and O–H groups in total. The normalized spacial score (nSPS) is 14.6. The molecule has 0 saturated carbocycles. The summed E-state index contributed by atoms with van der Waals surface area (Å²) < 4.78 is 0. The molecule has 3 unspecified atom stereocenters. The SMILES string of the molecule is C=C/C=C(\C=C)CC(N)CC(=O)NCC(C)(C)CNC(=O)CC(O)C(N)Cc1ccccc1. The van der Waals surface area contributed by atoms with E-state index in [2.05, 4.69) is 23.8 Å². The Morgan fingerprint density at radius 1 is 1.03 bits per heavy atom. The minimum absolute atomic E-state index is 0.0742. The first-order valence-electron chi connectivity index (χ1n) is 11.3. The maximum Gasteiger partial charge on any atom is 0.222 e. The minimum atomic E-state index is -0.940. The Morgan fingerprint density at radius 2 is 1.61 bits per heavy atom. The van der Waals surface area contributed by atoms with E-state index in [1.807, 2.05) is 50.3 Å². The maximum absolute atomic E-state index is 12.3. The van der Waals surface area contributed by atoms with Gasteiger partial charge in [-0.15, -0.1) is 0 Å². The molecule has 0 radical (unpaired) electrons. The van der Waals surface area contributed by atoms with E-state index in [1.165, 1.54) is 0 Å². The molecule has 0 aliphatic heterocycles. The second kappa shape index (κ2) is 14.4. The van der Waals surface area contributed by atoms with Gasteiger partial charge < -0.3 is 27.2 Å². The summed E-state index contributed by atoms with van der Waals surface area (Å²) in [6.07, 6.45) is 5.40. The van der Waals surface area contributed by atoms with E-state index in [9.17, 15) is 14.7 Å². The second-order valence-electron chi connectivity index (χ2n) is 9.19. The molecule has 0 aliphatic carbocycles. The van der Waals surface area contributed by atoms with Gasteiger partial charge in [-0.05, 0) is 29.4 Å². The summed E-state index contributed by atoms with van der Waals surface area (Å²) in [5.74, 6) is -0.426. The first kappa shape index (κ1) is 28.3. The van der Waals surface area contributed by atoms with Gasteiger partial charge in [0.15, 0.2) is 0 Å². The van der Waals surface area contributed by atoms with Gasteiger partial charge in [-0.2, -0.15) is 0 Å². The van der Waals surface area contributed by atoms with E-state index in [0.29, 0.717) is 25.9 Å². The second-order valence-corrected chi connectivity index (χ2v) is 9.19. The number of allylic oxidation sites excluding steroid dienone is 3. The molecule has 1 rings (SSSR count). The Hall–Kier alpha value is -2.74. The summed E-state index contributed by atoms with van der Waals surface area (Å²) in [6, 6.07) is 8.76. The zero-order valence-electron chi connectivity index (χ0n) is 19.9. The van der Waals surface area contributed by atoms with Crippen molar-refractivity contribution in [1.82, 2.24) is 10.6 Å². The summed E-state index contributed by atoms with van der Waals surface area (Å²) >= 11 is 0. The molecule has 0 saturated heterocycles. The average molecular weight is 457 g/mol. The number of amides is 2. The van der Waals surface area contributed by atoms with Crippen molar-refractivity contribution in [3.8, 4) is 0 Å². The van der Waals surface area contributed by atoms with E-state index in [4.69, 9.17) is 11.5 Å². The molecule has 33 heavy (non-hydrogen) atoms. The summed E-state index contributed by atoms with van der Waals surface area (Å²) in [7, 11) is 0. The quantitative estimate of drug-likeness (QED) is 0.258. The summed E-state index contributed by atoms with van der Waals surface area (Å²) in [4.78, 5) is 24.5. The van der Waals surface area contributed by atoms with Gasteiger partial charge >= 0.3 is 0 Å². The summed E-state index contributed by atoms with van der Waals surface area (Å²) in [5, 5.41) is 16.0. The van der Waals surface area contributed by atoms with Crippen LogP contribution in [-0.4, -0.2) is 48.2 Å². The molecule has 0 fully saturated rings. The molecule has 0 aromatic heterocycles. The smallest absolute Gasteiger partial charge is 0.222 e. The zero-order valence-corrected chi connectivity index (χ0v) is 19.9. The van der Waals surface area contributed by atoms with Gasteiger partial charge in [0.05, 0.1) is 12.5 Å². The third kappa shape index (κ3) is 12.2. The van der Waals surface area contributed by atoms with Crippen molar-refractivity contribution in [1.29, 1.82) is 0 Å². The number of carbonyl (C=O) groups excluding carboxylic acids is 2. The molecule has 0 heterocycles. The number of aliphatic hydroxyl groups is 1. The number of nitrogens with two attached hydrogens (primary N) is 2. The van der Waals surface area contributed by atoms with E-state index < -0.39 is 12.1 Å². The summed E-state index contributed by atoms with van der Waals surface area (Å²) in [6.45, 7) is 12.0. The highest BCUT2D eigenvalue weighted by Gasteiger charge is 2.23. The van der Waals surface area contributed by atoms with Crippen LogP contribution in [0.2, 0.25) is 0 Å². The number of hydrogen-bond acceptors (Lipinski definition) is 5. The lowest BCUT2D eigenvalue weighted by molar-refractivity contribution is -0.123. The molecular formula is C26H40N4O3. The van der Waals surface area contributed by atoms with Crippen molar-refractivity contribution in [2.24, 2.45) is 16.9 Å². The van der Waals surface area contributed by atoms with Crippen LogP contribution in [-0.2, 0) is 16.0 Å². The third-order valence-electron chi connectivity index (χ3n) is 5.27. The molecular weight excluding hydrogens is 416 g/mol. The molecule has 182 valence electrons. The number of carbonyl (C=O) groups is 2. The fourth-order valence-electron chi connectivity index (χ4n) is 3.23. The van der Waals surface area contributed by atoms with Crippen LogP contribution in [0.5, 0.6) is 0 Å². The van der Waals surface area contributed by atoms with Crippen LogP contribution in [0.1, 0.15) is 38.7 Å². The lowest BCUT2D eigenvalue weighted by atomic mass is 9.93.